The van der Waals surface area contributed by atoms with E-state index in [1.165, 1.54) is 0 Å². The molecule has 0 atom stereocenters. The van der Waals surface area contributed by atoms with Crippen LogP contribution in [0.15, 0.2) is 28.9 Å². The highest BCUT2D eigenvalue weighted by molar-refractivity contribution is 5.83. The smallest absolute Gasteiger partial charge is 0.315 e. The summed E-state index contributed by atoms with van der Waals surface area (Å²) in [4.78, 5) is 29.7. The number of likely N-dealkylation sites (N-methyl/N-ethyl adjacent to an activating group) is 1. The van der Waals surface area contributed by atoms with Crippen molar-refractivity contribution in [3.63, 3.8) is 0 Å². The molecule has 0 aliphatic rings. The van der Waals surface area contributed by atoms with Crippen LogP contribution in [0.4, 0.5) is 4.79 Å². The Morgan fingerprint density at radius 2 is 2.04 bits per heavy atom. The summed E-state index contributed by atoms with van der Waals surface area (Å²) in [5.74, 6) is 0.506. The molecule has 0 unspecified atom stereocenters. The fraction of sp³-hybridized carbons (Fsp3) is 0.412. The van der Waals surface area contributed by atoms with Crippen molar-refractivity contribution in [1.29, 1.82) is 0 Å². The highest BCUT2D eigenvalue weighted by Gasteiger charge is 2.12. The average molecular weight is 345 g/mol. The van der Waals surface area contributed by atoms with Gasteiger partial charge in [0.1, 0.15) is 5.76 Å². The number of amides is 3. The minimum Gasteiger partial charge on any atom is -0.361 e. The summed E-state index contributed by atoms with van der Waals surface area (Å²) in [6, 6.07) is 5.27. The molecule has 2 aromatic rings. The summed E-state index contributed by atoms with van der Waals surface area (Å²) >= 11 is 0. The number of hydrogen-bond donors (Lipinski definition) is 2. The summed E-state index contributed by atoms with van der Waals surface area (Å²) in [7, 11) is 1.70. The van der Waals surface area contributed by atoms with Crippen LogP contribution in [0.25, 0.3) is 0 Å². The summed E-state index contributed by atoms with van der Waals surface area (Å²) in [5, 5.41) is 9.07. The molecule has 8 nitrogen and oxygen atoms in total. The number of pyridine rings is 1. The summed E-state index contributed by atoms with van der Waals surface area (Å²) in [6.07, 6.45) is 2.39. The molecule has 0 aliphatic carbocycles. The maximum atomic E-state index is 12.0. The second-order valence-electron chi connectivity index (χ2n) is 5.73. The molecule has 2 N–H and O–H groups in total. The average Bonchev–Trinajstić information content (AvgIpc) is 2.94. The van der Waals surface area contributed by atoms with Crippen LogP contribution in [0.2, 0.25) is 0 Å². The summed E-state index contributed by atoms with van der Waals surface area (Å²) in [5.41, 5.74) is 2.50. The Hall–Kier alpha value is -2.90. The van der Waals surface area contributed by atoms with E-state index in [9.17, 15) is 9.59 Å². The second-order valence-corrected chi connectivity index (χ2v) is 5.73. The number of nitrogens with zero attached hydrogens (tertiary/aromatic N) is 3. The Bertz CT molecular complexity index is 695. The molecule has 2 rings (SSSR count). The van der Waals surface area contributed by atoms with E-state index < -0.39 is 6.03 Å². The van der Waals surface area contributed by atoms with Crippen molar-refractivity contribution in [1.82, 2.24) is 25.7 Å². The normalized spacial score (nSPS) is 10.4. The standard InChI is InChI=1S/C17H23N5O3/c1-12-15(13(2)25-21-12)10-19-17(24)20-11-16(23)22(3)9-7-14-6-4-5-8-18-14/h4-6,8H,7,9-11H2,1-3H3,(H2,19,20,24). The van der Waals surface area contributed by atoms with E-state index in [0.29, 0.717) is 25.3 Å². The zero-order valence-corrected chi connectivity index (χ0v) is 14.7. The first-order valence-electron chi connectivity index (χ1n) is 8.04. The number of urea groups is 1. The van der Waals surface area contributed by atoms with Crippen LogP contribution >= 0.6 is 0 Å². The molecule has 8 heteroatoms. The van der Waals surface area contributed by atoms with Crippen LogP contribution < -0.4 is 10.6 Å². The molecular formula is C17H23N5O3. The van der Waals surface area contributed by atoms with Crippen molar-refractivity contribution in [3.05, 3.63) is 47.1 Å². The van der Waals surface area contributed by atoms with Crippen molar-refractivity contribution >= 4 is 11.9 Å². The van der Waals surface area contributed by atoms with Gasteiger partial charge in [-0.1, -0.05) is 11.2 Å². The number of carbonyl (C=O) groups is 2. The lowest BCUT2D eigenvalue weighted by atomic mass is 10.2. The zero-order chi connectivity index (χ0) is 18.2. The number of hydrogen-bond acceptors (Lipinski definition) is 5. The number of aryl methyl sites for hydroxylation is 2. The highest BCUT2D eigenvalue weighted by atomic mass is 16.5. The van der Waals surface area contributed by atoms with E-state index in [1.807, 2.05) is 25.1 Å². The predicted molar refractivity (Wildman–Crippen MR) is 91.8 cm³/mol. The largest absolute Gasteiger partial charge is 0.361 e. The maximum Gasteiger partial charge on any atom is 0.315 e. The fourth-order valence-corrected chi connectivity index (χ4v) is 2.23. The lowest BCUT2D eigenvalue weighted by Gasteiger charge is -2.17. The molecule has 134 valence electrons. The second kappa shape index (κ2) is 8.81. The third kappa shape index (κ3) is 5.59. The van der Waals surface area contributed by atoms with Gasteiger partial charge in [0.05, 0.1) is 12.2 Å². The molecule has 0 aliphatic heterocycles. The van der Waals surface area contributed by atoms with Gasteiger partial charge in [-0.25, -0.2) is 4.79 Å². The molecule has 0 radical (unpaired) electrons. The van der Waals surface area contributed by atoms with Crippen molar-refractivity contribution in [2.24, 2.45) is 0 Å². The van der Waals surface area contributed by atoms with Gasteiger partial charge in [0, 0.05) is 44.0 Å². The molecule has 25 heavy (non-hydrogen) atoms. The first-order valence-corrected chi connectivity index (χ1v) is 8.04. The molecule has 0 spiro atoms. The highest BCUT2D eigenvalue weighted by Crippen LogP contribution is 2.11. The fourth-order valence-electron chi connectivity index (χ4n) is 2.23. The van der Waals surface area contributed by atoms with E-state index in [4.69, 9.17) is 4.52 Å². The van der Waals surface area contributed by atoms with E-state index in [1.54, 1.807) is 25.1 Å². The van der Waals surface area contributed by atoms with Crippen LogP contribution in [0.1, 0.15) is 22.7 Å². The van der Waals surface area contributed by atoms with Crippen molar-refractivity contribution < 1.29 is 14.1 Å². The molecule has 0 saturated carbocycles. The van der Waals surface area contributed by atoms with Gasteiger partial charge in [-0.05, 0) is 26.0 Å². The van der Waals surface area contributed by atoms with Crippen LogP contribution in [0, 0.1) is 13.8 Å². The molecule has 0 saturated heterocycles. The van der Waals surface area contributed by atoms with E-state index in [0.717, 1.165) is 17.0 Å². The molecule has 0 fully saturated rings. The van der Waals surface area contributed by atoms with Crippen LogP contribution in [-0.2, 0) is 17.8 Å². The lowest BCUT2D eigenvalue weighted by Crippen LogP contribution is -2.43. The van der Waals surface area contributed by atoms with Gasteiger partial charge in [0.25, 0.3) is 0 Å². The Kier molecular flexibility index (Phi) is 6.50. The Labute approximate surface area is 146 Å². The number of aromatic nitrogens is 2. The minimum absolute atomic E-state index is 0.0633. The number of nitrogens with one attached hydrogen (secondary N) is 2. The molecule has 3 amide bonds. The van der Waals surface area contributed by atoms with Crippen molar-refractivity contribution in [2.75, 3.05) is 20.1 Å². The Morgan fingerprint density at radius 1 is 1.24 bits per heavy atom. The van der Waals surface area contributed by atoms with Crippen LogP contribution in [0.3, 0.4) is 0 Å². The van der Waals surface area contributed by atoms with Crippen LogP contribution in [0.5, 0.6) is 0 Å². The number of carbonyl (C=O) groups excluding carboxylic acids is 2. The predicted octanol–water partition coefficient (Wildman–Crippen LogP) is 1.19. The monoisotopic (exact) mass is 345 g/mol. The van der Waals surface area contributed by atoms with Crippen molar-refractivity contribution in [2.45, 2.75) is 26.8 Å². The molecule has 0 aromatic carbocycles. The topological polar surface area (TPSA) is 100 Å². The first kappa shape index (κ1) is 18.4. The quantitative estimate of drug-likeness (QED) is 0.785. The van der Waals surface area contributed by atoms with Gasteiger partial charge in [-0.15, -0.1) is 0 Å². The molecule has 0 bridgehead atoms. The van der Waals surface area contributed by atoms with Gasteiger partial charge in [0.15, 0.2) is 0 Å². The molecular weight excluding hydrogens is 322 g/mol. The summed E-state index contributed by atoms with van der Waals surface area (Å²) in [6.45, 7) is 4.38. The van der Waals surface area contributed by atoms with Gasteiger partial charge in [0.2, 0.25) is 5.91 Å². The molecule has 2 aromatic heterocycles. The van der Waals surface area contributed by atoms with E-state index in [-0.39, 0.29) is 12.5 Å². The van der Waals surface area contributed by atoms with E-state index in [2.05, 4.69) is 20.8 Å². The zero-order valence-electron chi connectivity index (χ0n) is 14.7. The Balaban J connectivity index is 1.69. The third-order valence-electron chi connectivity index (χ3n) is 3.86. The van der Waals surface area contributed by atoms with Gasteiger partial charge >= 0.3 is 6.03 Å². The van der Waals surface area contributed by atoms with E-state index >= 15 is 0 Å². The SMILES string of the molecule is Cc1noc(C)c1CNC(=O)NCC(=O)N(C)CCc1ccccn1. The minimum atomic E-state index is -0.411. The lowest BCUT2D eigenvalue weighted by molar-refractivity contribution is -0.128. The van der Waals surface area contributed by atoms with Crippen molar-refractivity contribution in [3.8, 4) is 0 Å². The maximum absolute atomic E-state index is 12.0. The van der Waals surface area contributed by atoms with Crippen LogP contribution in [-0.4, -0.2) is 47.1 Å². The Morgan fingerprint density at radius 3 is 2.68 bits per heavy atom. The first-order chi connectivity index (χ1) is 12.0. The van der Waals surface area contributed by atoms with Gasteiger partial charge in [-0.3, -0.25) is 9.78 Å². The molecule has 2 heterocycles. The van der Waals surface area contributed by atoms with Gasteiger partial charge in [-0.2, -0.15) is 0 Å². The summed E-state index contributed by atoms with van der Waals surface area (Å²) < 4.78 is 5.03. The van der Waals surface area contributed by atoms with Gasteiger partial charge < -0.3 is 20.1 Å². The third-order valence-corrected chi connectivity index (χ3v) is 3.86. The number of rotatable bonds is 7.